The van der Waals surface area contributed by atoms with Crippen LogP contribution in [0.15, 0.2) is 85.2 Å². The second-order valence-corrected chi connectivity index (χ2v) is 14.0. The molecule has 10 rings (SSSR count). The summed E-state index contributed by atoms with van der Waals surface area (Å²) in [7, 11) is 0. The molecule has 0 radical (unpaired) electrons. The monoisotopic (exact) mass is 641 g/mol. The van der Waals surface area contributed by atoms with Gasteiger partial charge in [-0.15, -0.1) is 11.3 Å². The molecule has 3 aromatic carbocycles. The number of aromatic nitrogens is 5. The second-order valence-electron chi connectivity index (χ2n) is 12.8. The fourth-order valence-electron chi connectivity index (χ4n) is 7.48. The molecule has 234 valence electrons. The predicted octanol–water partition coefficient (Wildman–Crippen LogP) is 8.04. The molecule has 7 aromatic rings. The molecule has 0 aliphatic carbocycles. The number of imidazole rings is 2. The first-order chi connectivity index (χ1) is 23.1. The summed E-state index contributed by atoms with van der Waals surface area (Å²) in [4.78, 5) is 17.5. The van der Waals surface area contributed by atoms with Gasteiger partial charge in [0.2, 0.25) is 6.23 Å². The maximum atomic E-state index is 13.8. The smallest absolute Gasteiger partial charge is 0.212 e. The molecular weight excluding hydrogens is 610 g/mol. The van der Waals surface area contributed by atoms with Crippen molar-refractivity contribution in [1.82, 2.24) is 35.1 Å². The van der Waals surface area contributed by atoms with Crippen LogP contribution in [0.5, 0.6) is 5.75 Å². The lowest BCUT2D eigenvalue weighted by Crippen LogP contribution is -2.21. The predicted molar refractivity (Wildman–Crippen MR) is 183 cm³/mol. The number of aromatic amines is 2. The van der Waals surface area contributed by atoms with Crippen LogP contribution in [-0.2, 0) is 0 Å². The Morgan fingerprint density at radius 3 is 2.43 bits per heavy atom. The Balaban J connectivity index is 1.07. The molecule has 4 atom stereocenters. The van der Waals surface area contributed by atoms with Crippen LogP contribution >= 0.6 is 11.3 Å². The van der Waals surface area contributed by atoms with Crippen LogP contribution in [-0.4, -0.2) is 43.8 Å². The van der Waals surface area contributed by atoms with E-state index in [4.69, 9.17) is 9.72 Å². The Hall–Kier alpha value is -4.77. The molecule has 47 heavy (non-hydrogen) atoms. The Morgan fingerprint density at radius 1 is 0.830 bits per heavy atom. The van der Waals surface area contributed by atoms with Crippen molar-refractivity contribution in [2.75, 3.05) is 13.1 Å². The van der Waals surface area contributed by atoms with Crippen molar-refractivity contribution in [3.8, 4) is 39.5 Å². The van der Waals surface area contributed by atoms with Gasteiger partial charge in [-0.25, -0.2) is 14.4 Å². The van der Waals surface area contributed by atoms with Gasteiger partial charge in [0.15, 0.2) is 0 Å². The molecule has 2 fully saturated rings. The minimum atomic E-state index is -0.834. The van der Waals surface area contributed by atoms with Gasteiger partial charge in [-0.3, -0.25) is 4.57 Å². The third-order valence-electron chi connectivity index (χ3n) is 9.87. The molecule has 0 saturated carbocycles. The van der Waals surface area contributed by atoms with E-state index in [0.717, 1.165) is 79.9 Å². The second kappa shape index (κ2) is 10.6. The molecule has 0 spiro atoms. The third kappa shape index (κ3) is 4.54. The first-order valence-electron chi connectivity index (χ1n) is 16.3. The minimum absolute atomic E-state index is 0.0855. The molecule has 10 heteroatoms. The van der Waals surface area contributed by atoms with Gasteiger partial charge in [-0.2, -0.15) is 0 Å². The number of rotatable bonds is 5. The SMILES string of the molecule is F[C@@H]1CN[C@@H](c2ncc(-c3ccc4c(c3)cc3n4C(c4cc5ccccc5s4)Oc4cc(-c5cnc([C@H]6CCCN6)[nH]5)ccc4-3)[nH]2)C1. The minimum Gasteiger partial charge on any atom is -0.464 e. The van der Waals surface area contributed by atoms with Gasteiger partial charge < -0.3 is 25.3 Å². The number of H-pyrrole nitrogens is 2. The maximum Gasteiger partial charge on any atom is 0.212 e. The first kappa shape index (κ1) is 27.4. The van der Waals surface area contributed by atoms with Crippen molar-refractivity contribution in [2.24, 2.45) is 0 Å². The van der Waals surface area contributed by atoms with Crippen molar-refractivity contribution in [3.63, 3.8) is 0 Å². The normalized spacial score (nSPS) is 22.1. The highest BCUT2D eigenvalue weighted by Gasteiger charge is 2.31. The molecular formula is C37H32FN7OS. The molecule has 4 aromatic heterocycles. The first-order valence-corrected chi connectivity index (χ1v) is 17.1. The molecule has 3 aliphatic rings. The van der Waals surface area contributed by atoms with E-state index in [2.05, 4.69) is 103 Å². The third-order valence-corrected chi connectivity index (χ3v) is 11.0. The average molecular weight is 642 g/mol. The van der Waals surface area contributed by atoms with Gasteiger partial charge in [0.1, 0.15) is 23.6 Å². The highest BCUT2D eigenvalue weighted by Crippen LogP contribution is 2.47. The van der Waals surface area contributed by atoms with Gasteiger partial charge in [0, 0.05) is 39.7 Å². The molecule has 0 bridgehead atoms. The van der Waals surface area contributed by atoms with E-state index in [1.54, 1.807) is 11.3 Å². The molecule has 1 unspecified atom stereocenters. The summed E-state index contributed by atoms with van der Waals surface area (Å²) in [5.74, 6) is 2.62. The number of fused-ring (bicyclic) bond motifs is 6. The van der Waals surface area contributed by atoms with Gasteiger partial charge in [0.05, 0.1) is 52.0 Å². The fourth-order valence-corrected chi connectivity index (χ4v) is 8.57. The molecule has 2 saturated heterocycles. The Labute approximate surface area is 274 Å². The lowest BCUT2D eigenvalue weighted by atomic mass is 10.0. The van der Waals surface area contributed by atoms with Gasteiger partial charge in [-0.1, -0.05) is 30.3 Å². The van der Waals surface area contributed by atoms with Crippen LogP contribution in [0.25, 0.3) is 54.8 Å². The number of benzene rings is 3. The van der Waals surface area contributed by atoms with Crippen LogP contribution in [0.2, 0.25) is 0 Å². The van der Waals surface area contributed by atoms with E-state index >= 15 is 0 Å². The number of thiophene rings is 1. The molecule has 8 nitrogen and oxygen atoms in total. The number of hydrogen-bond acceptors (Lipinski definition) is 6. The summed E-state index contributed by atoms with van der Waals surface area (Å²) >= 11 is 1.77. The van der Waals surface area contributed by atoms with E-state index in [0.29, 0.717) is 13.0 Å². The number of nitrogens with zero attached hydrogens (tertiary/aromatic N) is 3. The number of ether oxygens (including phenoxy) is 1. The Kier molecular flexibility index (Phi) is 6.19. The van der Waals surface area contributed by atoms with Crippen molar-refractivity contribution < 1.29 is 9.13 Å². The largest absolute Gasteiger partial charge is 0.464 e. The van der Waals surface area contributed by atoms with Crippen LogP contribution < -0.4 is 15.4 Å². The van der Waals surface area contributed by atoms with E-state index in [-0.39, 0.29) is 18.3 Å². The maximum absolute atomic E-state index is 13.8. The number of hydrogen-bond donors (Lipinski definition) is 4. The average Bonchev–Trinajstić information content (AvgIpc) is 3.94. The molecule has 7 heterocycles. The van der Waals surface area contributed by atoms with Crippen molar-refractivity contribution in [3.05, 3.63) is 102 Å². The van der Waals surface area contributed by atoms with Gasteiger partial charge >= 0.3 is 0 Å². The van der Waals surface area contributed by atoms with Crippen molar-refractivity contribution in [1.29, 1.82) is 0 Å². The van der Waals surface area contributed by atoms with E-state index < -0.39 is 6.17 Å². The molecule has 0 amide bonds. The Bertz CT molecular complexity index is 2260. The van der Waals surface area contributed by atoms with Crippen LogP contribution in [0.4, 0.5) is 4.39 Å². The summed E-state index contributed by atoms with van der Waals surface area (Å²) in [6.07, 6.45) is 5.34. The zero-order chi connectivity index (χ0) is 31.1. The van der Waals surface area contributed by atoms with Gasteiger partial charge in [0.25, 0.3) is 0 Å². The van der Waals surface area contributed by atoms with Crippen molar-refractivity contribution in [2.45, 2.75) is 43.7 Å². The Morgan fingerprint density at radius 2 is 1.64 bits per heavy atom. The van der Waals surface area contributed by atoms with Crippen LogP contribution in [0, 0.1) is 0 Å². The highest BCUT2D eigenvalue weighted by molar-refractivity contribution is 7.19. The highest BCUT2D eigenvalue weighted by atomic mass is 32.1. The van der Waals surface area contributed by atoms with E-state index in [1.807, 2.05) is 12.4 Å². The summed E-state index contributed by atoms with van der Waals surface area (Å²) in [5, 5.41) is 9.09. The number of alkyl halides is 1. The molecule has 3 aliphatic heterocycles. The topological polar surface area (TPSA) is 95.6 Å². The quantitative estimate of drug-likeness (QED) is 0.153. The fraction of sp³-hybridized carbons (Fsp3) is 0.243. The van der Waals surface area contributed by atoms with E-state index in [9.17, 15) is 4.39 Å². The van der Waals surface area contributed by atoms with Crippen molar-refractivity contribution >= 4 is 32.3 Å². The van der Waals surface area contributed by atoms with E-state index in [1.165, 1.54) is 16.5 Å². The lowest BCUT2D eigenvalue weighted by Gasteiger charge is -2.29. The zero-order valence-corrected chi connectivity index (χ0v) is 26.3. The van der Waals surface area contributed by atoms with Gasteiger partial charge in [-0.05, 0) is 67.2 Å². The number of nitrogens with one attached hydrogen (secondary N) is 4. The zero-order valence-electron chi connectivity index (χ0n) is 25.5. The van der Waals surface area contributed by atoms with Crippen LogP contribution in [0.3, 0.4) is 0 Å². The molecule has 4 N–H and O–H groups in total. The summed E-state index contributed by atoms with van der Waals surface area (Å²) in [6.45, 7) is 1.40. The lowest BCUT2D eigenvalue weighted by molar-refractivity contribution is 0.177. The number of halogens is 1. The standard InChI is InChI=1S/C37H32FN7OS/c38-24-16-27(40-17-24)36-42-18-28(44-36)20-8-10-30-23(12-20)13-31-25-9-7-21(29-19-41-35(43-29)26-5-3-11-39-26)14-32(25)46-37(45(30)31)34-15-22-4-1-2-6-33(22)47-34/h1-2,4,6-10,12-15,18-19,24,26-27,37,39-40H,3,5,11,16-17H2,(H,41,43)(H,42,44)/t24-,26+,27+,37?/m0/s1. The summed E-state index contributed by atoms with van der Waals surface area (Å²) in [6, 6.07) is 26.2. The summed E-state index contributed by atoms with van der Waals surface area (Å²) < 4.78 is 24.4. The summed E-state index contributed by atoms with van der Waals surface area (Å²) in [5.41, 5.74) is 7.26. The van der Waals surface area contributed by atoms with Crippen LogP contribution in [0.1, 0.15) is 54.1 Å².